The van der Waals surface area contributed by atoms with E-state index in [0.29, 0.717) is 11.9 Å². The number of benzene rings is 1. The van der Waals surface area contributed by atoms with Gasteiger partial charge in [0.1, 0.15) is 10.4 Å². The summed E-state index contributed by atoms with van der Waals surface area (Å²) < 4.78 is 27.9. The normalized spacial score (nSPS) is 29.7. The molecule has 1 saturated carbocycles. The first kappa shape index (κ1) is 18.3. The van der Waals surface area contributed by atoms with E-state index in [0.717, 1.165) is 49.6 Å². The number of H-pyrrole nitrogens is 1. The van der Waals surface area contributed by atoms with Gasteiger partial charge in [-0.1, -0.05) is 37.1 Å². The number of aromatic amines is 1. The van der Waals surface area contributed by atoms with E-state index in [2.05, 4.69) is 15.8 Å². The van der Waals surface area contributed by atoms with E-state index in [4.69, 9.17) is 5.73 Å². The molecule has 1 aromatic carbocycles. The summed E-state index contributed by atoms with van der Waals surface area (Å²) in [5, 5.41) is 0.830. The maximum atomic E-state index is 12.9. The highest BCUT2D eigenvalue weighted by Gasteiger charge is 2.56. The zero-order valence-electron chi connectivity index (χ0n) is 15.2. The number of para-hydroxylation sites is 1. The quantitative estimate of drug-likeness (QED) is 0.605. The smallest absolute Gasteiger partial charge is 0.266 e. The molecular weight excluding hydrogens is 362 g/mol. The average molecular weight is 388 g/mol. The van der Waals surface area contributed by atoms with E-state index in [1.807, 2.05) is 18.2 Å². The third-order valence-electron chi connectivity index (χ3n) is 5.61. The molecule has 2 aromatic rings. The van der Waals surface area contributed by atoms with Gasteiger partial charge in [-0.05, 0) is 44.2 Å². The molecular formula is C20H25N3O3S. The lowest BCUT2D eigenvalue weighted by molar-refractivity contribution is -0.121. The Balaban J connectivity index is 1.70. The molecule has 1 fully saturated rings. The average Bonchev–Trinajstić information content (AvgIpc) is 3.10. The maximum Gasteiger partial charge on any atom is 0.266 e. The Morgan fingerprint density at radius 3 is 2.81 bits per heavy atom. The second-order valence-electron chi connectivity index (χ2n) is 7.68. The first-order chi connectivity index (χ1) is 12.9. The number of aryl methyl sites for hydroxylation is 1. The summed E-state index contributed by atoms with van der Waals surface area (Å²) >= 11 is 0. The van der Waals surface area contributed by atoms with Crippen molar-refractivity contribution in [3.05, 3.63) is 42.1 Å². The van der Waals surface area contributed by atoms with Crippen LogP contribution in [0.25, 0.3) is 10.9 Å². The zero-order chi connectivity index (χ0) is 19.1. The Hall–Kier alpha value is -2.12. The fraction of sp³-hybridized carbons (Fsp3) is 0.450. The van der Waals surface area contributed by atoms with Gasteiger partial charge in [0.25, 0.3) is 15.9 Å². The number of carbonyl (C=O) groups excluding carboxylic acids is 1. The van der Waals surface area contributed by atoms with Crippen LogP contribution >= 0.6 is 0 Å². The van der Waals surface area contributed by atoms with Crippen molar-refractivity contribution in [1.82, 2.24) is 9.71 Å². The van der Waals surface area contributed by atoms with E-state index in [9.17, 15) is 13.2 Å². The van der Waals surface area contributed by atoms with Gasteiger partial charge in [0.05, 0.1) is 5.52 Å². The van der Waals surface area contributed by atoms with E-state index < -0.39 is 21.5 Å². The fourth-order valence-corrected chi connectivity index (χ4v) is 5.05. The molecule has 0 radical (unpaired) electrons. The number of allylic oxidation sites excluding steroid dienone is 1. The number of nitrogens with two attached hydrogens (primary N) is 1. The molecule has 144 valence electrons. The Kier molecular flexibility index (Phi) is 4.60. The van der Waals surface area contributed by atoms with Gasteiger partial charge in [-0.25, -0.2) is 13.1 Å². The van der Waals surface area contributed by atoms with Gasteiger partial charge in [-0.15, -0.1) is 0 Å². The highest BCUT2D eigenvalue weighted by molar-refractivity contribution is 7.90. The first-order valence-corrected chi connectivity index (χ1v) is 11.0. The van der Waals surface area contributed by atoms with Gasteiger partial charge in [0, 0.05) is 17.0 Å². The van der Waals surface area contributed by atoms with Crippen LogP contribution in [-0.4, -0.2) is 24.8 Å². The summed E-state index contributed by atoms with van der Waals surface area (Å²) in [7, 11) is -4.00. The molecule has 2 bridgehead atoms. The molecule has 0 saturated heterocycles. The van der Waals surface area contributed by atoms with Crippen LogP contribution in [0.4, 0.5) is 0 Å². The van der Waals surface area contributed by atoms with Gasteiger partial charge in [-0.2, -0.15) is 0 Å². The SMILES string of the molecule is N[C@]12C[C@@H]1/C=C\CCCCCCc1cc3cccc(c3[nH]1)S(=O)(=O)NC2=O. The highest BCUT2D eigenvalue weighted by Crippen LogP contribution is 2.42. The number of nitrogens with one attached hydrogen (secondary N) is 2. The number of sulfonamides is 1. The number of hydrogen-bond donors (Lipinski definition) is 3. The van der Waals surface area contributed by atoms with Gasteiger partial charge in [0.15, 0.2) is 0 Å². The first-order valence-electron chi connectivity index (χ1n) is 9.53. The van der Waals surface area contributed by atoms with Crippen LogP contribution in [0, 0.1) is 5.92 Å². The molecule has 4 N–H and O–H groups in total. The maximum absolute atomic E-state index is 12.9. The lowest BCUT2D eigenvalue weighted by Gasteiger charge is -2.12. The van der Waals surface area contributed by atoms with Crippen LogP contribution in [-0.2, 0) is 21.2 Å². The zero-order valence-corrected chi connectivity index (χ0v) is 16.0. The predicted molar refractivity (Wildman–Crippen MR) is 105 cm³/mol. The molecule has 4 rings (SSSR count). The van der Waals surface area contributed by atoms with Crippen molar-refractivity contribution < 1.29 is 13.2 Å². The minimum absolute atomic E-state index is 0.0836. The van der Waals surface area contributed by atoms with Crippen LogP contribution in [0.2, 0.25) is 0 Å². The number of fused-ring (bicyclic) bond motifs is 2. The largest absolute Gasteiger partial charge is 0.357 e. The van der Waals surface area contributed by atoms with E-state index in [-0.39, 0.29) is 10.8 Å². The molecule has 7 heteroatoms. The fourth-order valence-electron chi connectivity index (χ4n) is 3.81. The summed E-state index contributed by atoms with van der Waals surface area (Å²) in [6.45, 7) is 0. The molecule has 2 heterocycles. The van der Waals surface area contributed by atoms with E-state index >= 15 is 0 Å². The molecule has 1 aromatic heterocycles. The van der Waals surface area contributed by atoms with Gasteiger partial charge in [0.2, 0.25) is 0 Å². The van der Waals surface area contributed by atoms with Crippen molar-refractivity contribution in [1.29, 1.82) is 0 Å². The van der Waals surface area contributed by atoms with Crippen LogP contribution < -0.4 is 10.5 Å². The molecule has 0 spiro atoms. The molecule has 6 nitrogen and oxygen atoms in total. The Labute approximate surface area is 159 Å². The van der Waals surface area contributed by atoms with Crippen molar-refractivity contribution in [2.75, 3.05) is 0 Å². The lowest BCUT2D eigenvalue weighted by atomic mass is 10.1. The van der Waals surface area contributed by atoms with E-state index in [1.165, 1.54) is 6.07 Å². The van der Waals surface area contributed by atoms with Crippen LogP contribution in [0.1, 0.15) is 44.2 Å². The molecule has 1 aliphatic heterocycles. The van der Waals surface area contributed by atoms with Gasteiger partial charge >= 0.3 is 0 Å². The van der Waals surface area contributed by atoms with Crippen molar-refractivity contribution in [2.45, 2.75) is 55.4 Å². The molecule has 1 aliphatic carbocycles. The third-order valence-corrected chi connectivity index (χ3v) is 6.98. The number of hydrogen-bond acceptors (Lipinski definition) is 4. The summed E-state index contributed by atoms with van der Waals surface area (Å²) in [5.41, 5.74) is 6.57. The standard InChI is InChI=1S/C20H25N3O3S/c21-20-13-15(20)9-5-3-1-2-4-6-10-16-12-14-8-7-11-17(18(14)22-16)27(25,26)23-19(20)24/h5,7-9,11-12,15,22H,1-4,6,10,13,21H2,(H,23,24)/b9-5-/t15-,20+/m0/s1. The van der Waals surface area contributed by atoms with Crippen LogP contribution in [0.3, 0.4) is 0 Å². The molecule has 27 heavy (non-hydrogen) atoms. The second-order valence-corrected chi connectivity index (χ2v) is 9.33. The minimum Gasteiger partial charge on any atom is -0.357 e. The van der Waals surface area contributed by atoms with Crippen LogP contribution in [0.15, 0.2) is 41.3 Å². The highest BCUT2D eigenvalue weighted by atomic mass is 32.2. The minimum atomic E-state index is -4.00. The van der Waals surface area contributed by atoms with Crippen molar-refractivity contribution in [3.63, 3.8) is 0 Å². The Morgan fingerprint density at radius 1 is 1.15 bits per heavy atom. The summed E-state index contributed by atoms with van der Waals surface area (Å²) in [6, 6.07) is 7.07. The van der Waals surface area contributed by atoms with Crippen molar-refractivity contribution in [2.24, 2.45) is 11.7 Å². The van der Waals surface area contributed by atoms with Crippen LogP contribution in [0.5, 0.6) is 0 Å². The molecule has 2 atom stereocenters. The molecule has 1 amide bonds. The monoisotopic (exact) mass is 387 g/mol. The van der Waals surface area contributed by atoms with Gasteiger partial charge < -0.3 is 10.7 Å². The number of amides is 1. The summed E-state index contributed by atoms with van der Waals surface area (Å²) in [6.07, 6.45) is 10.8. The van der Waals surface area contributed by atoms with Crippen molar-refractivity contribution in [3.8, 4) is 0 Å². The second kappa shape index (κ2) is 6.80. The lowest BCUT2D eigenvalue weighted by Crippen LogP contribution is -2.46. The number of rotatable bonds is 0. The topological polar surface area (TPSA) is 105 Å². The van der Waals surface area contributed by atoms with E-state index in [1.54, 1.807) is 6.07 Å². The number of carbonyl (C=O) groups is 1. The predicted octanol–water partition coefficient (Wildman–Crippen LogP) is 2.75. The number of aromatic nitrogens is 1. The molecule has 2 aliphatic rings. The Morgan fingerprint density at radius 2 is 1.96 bits per heavy atom. The molecule has 0 unspecified atom stereocenters. The summed E-state index contributed by atoms with van der Waals surface area (Å²) in [5.74, 6) is -0.735. The van der Waals surface area contributed by atoms with Gasteiger partial charge in [-0.3, -0.25) is 4.79 Å². The third kappa shape index (κ3) is 3.53. The van der Waals surface area contributed by atoms with Crippen molar-refractivity contribution >= 4 is 26.8 Å². The Bertz CT molecular complexity index is 1010. The summed E-state index contributed by atoms with van der Waals surface area (Å²) in [4.78, 5) is 15.9.